The molecule has 3 aromatic carbocycles. The van der Waals surface area contributed by atoms with Crippen molar-refractivity contribution in [1.82, 2.24) is 0 Å². The number of ether oxygens (including phenoxy) is 1. The molecule has 0 saturated heterocycles. The highest BCUT2D eigenvalue weighted by Gasteiger charge is 2.18. The molecule has 0 spiro atoms. The second kappa shape index (κ2) is 9.65. The van der Waals surface area contributed by atoms with Gasteiger partial charge < -0.3 is 15.4 Å². The van der Waals surface area contributed by atoms with Crippen LogP contribution in [0.2, 0.25) is 10.0 Å². The zero-order valence-electron chi connectivity index (χ0n) is 16.4. The predicted octanol–water partition coefficient (Wildman–Crippen LogP) is 5.96. The van der Waals surface area contributed by atoms with Crippen LogP contribution in [0.1, 0.15) is 22.8 Å². The van der Waals surface area contributed by atoms with Crippen molar-refractivity contribution in [2.75, 3.05) is 10.6 Å². The van der Waals surface area contributed by atoms with Crippen molar-refractivity contribution in [2.24, 2.45) is 0 Å². The first-order valence-corrected chi connectivity index (χ1v) is 9.98. The van der Waals surface area contributed by atoms with E-state index < -0.39 is 6.10 Å². The number of rotatable bonds is 6. The van der Waals surface area contributed by atoms with E-state index in [9.17, 15) is 9.59 Å². The number of benzene rings is 3. The molecule has 0 radical (unpaired) electrons. The van der Waals surface area contributed by atoms with Gasteiger partial charge in [-0.2, -0.15) is 0 Å². The molecule has 3 rings (SSSR count). The first-order valence-electron chi connectivity index (χ1n) is 9.23. The van der Waals surface area contributed by atoms with Crippen LogP contribution in [0, 0.1) is 6.92 Å². The Morgan fingerprint density at radius 2 is 1.53 bits per heavy atom. The molecule has 3 aromatic rings. The minimum atomic E-state index is -0.834. The second-order valence-electron chi connectivity index (χ2n) is 6.67. The number of hydrogen-bond acceptors (Lipinski definition) is 3. The fourth-order valence-corrected chi connectivity index (χ4v) is 3.33. The van der Waals surface area contributed by atoms with Crippen LogP contribution >= 0.6 is 23.2 Å². The third kappa shape index (κ3) is 5.53. The van der Waals surface area contributed by atoms with Crippen molar-refractivity contribution < 1.29 is 14.3 Å². The third-order valence-corrected chi connectivity index (χ3v) is 4.76. The van der Waals surface area contributed by atoms with Gasteiger partial charge in [0.1, 0.15) is 5.75 Å². The van der Waals surface area contributed by atoms with Crippen molar-refractivity contribution in [2.45, 2.75) is 20.0 Å². The normalized spacial score (nSPS) is 11.5. The maximum absolute atomic E-state index is 12.6. The molecule has 0 aliphatic heterocycles. The fourth-order valence-electron chi connectivity index (χ4n) is 2.80. The molecule has 5 nitrogen and oxygen atoms in total. The van der Waals surface area contributed by atoms with Gasteiger partial charge >= 0.3 is 0 Å². The van der Waals surface area contributed by atoms with Crippen LogP contribution in [0.5, 0.6) is 5.75 Å². The summed E-state index contributed by atoms with van der Waals surface area (Å²) in [6.45, 7) is 3.48. The Bertz CT molecular complexity index is 1070. The van der Waals surface area contributed by atoms with E-state index in [1.54, 1.807) is 61.5 Å². The smallest absolute Gasteiger partial charge is 0.265 e. The summed E-state index contributed by atoms with van der Waals surface area (Å²) >= 11 is 11.9. The first-order chi connectivity index (χ1) is 14.3. The van der Waals surface area contributed by atoms with Gasteiger partial charge in [-0.3, -0.25) is 9.59 Å². The summed E-state index contributed by atoms with van der Waals surface area (Å²) in [7, 11) is 0. The molecule has 0 aliphatic carbocycles. The molecule has 0 fully saturated rings. The molecular formula is C23H20Cl2N2O3. The van der Waals surface area contributed by atoms with Crippen LogP contribution in [0.15, 0.2) is 66.7 Å². The summed E-state index contributed by atoms with van der Waals surface area (Å²) in [5.74, 6) is -0.255. The molecule has 0 aliphatic rings. The fraction of sp³-hybridized carbons (Fsp3) is 0.130. The largest absolute Gasteiger partial charge is 0.479 e. The van der Waals surface area contributed by atoms with E-state index in [2.05, 4.69) is 10.6 Å². The Hall–Kier alpha value is -3.02. The third-order valence-electron chi connectivity index (χ3n) is 4.33. The summed E-state index contributed by atoms with van der Waals surface area (Å²) in [5.41, 5.74) is 2.36. The van der Waals surface area contributed by atoms with E-state index in [0.29, 0.717) is 32.7 Å². The van der Waals surface area contributed by atoms with Gasteiger partial charge in [-0.1, -0.05) is 53.5 Å². The molecule has 2 N–H and O–H groups in total. The van der Waals surface area contributed by atoms with Crippen molar-refractivity contribution in [1.29, 1.82) is 0 Å². The number of anilines is 2. The molecule has 0 saturated carbocycles. The van der Waals surface area contributed by atoms with E-state index in [1.807, 2.05) is 19.1 Å². The maximum atomic E-state index is 12.6. The van der Waals surface area contributed by atoms with Gasteiger partial charge in [0, 0.05) is 21.3 Å². The molecule has 2 amide bonds. The number of hydrogen-bond donors (Lipinski definition) is 2. The highest BCUT2D eigenvalue weighted by molar-refractivity contribution is 6.35. The molecule has 30 heavy (non-hydrogen) atoms. The van der Waals surface area contributed by atoms with Gasteiger partial charge in [0.05, 0.1) is 5.69 Å². The van der Waals surface area contributed by atoms with Gasteiger partial charge in [-0.25, -0.2) is 0 Å². The van der Waals surface area contributed by atoms with Crippen molar-refractivity contribution in [3.05, 3.63) is 87.9 Å². The molecule has 0 heterocycles. The average molecular weight is 443 g/mol. The summed E-state index contributed by atoms with van der Waals surface area (Å²) in [6.07, 6.45) is -0.834. The van der Waals surface area contributed by atoms with Crippen LogP contribution in [0.3, 0.4) is 0 Å². The molecular weight excluding hydrogens is 423 g/mol. The Morgan fingerprint density at radius 3 is 2.23 bits per heavy atom. The number of carbonyl (C=O) groups is 2. The van der Waals surface area contributed by atoms with E-state index in [1.165, 1.54) is 0 Å². The molecule has 0 aromatic heterocycles. The lowest BCUT2D eigenvalue weighted by molar-refractivity contribution is -0.122. The summed E-state index contributed by atoms with van der Waals surface area (Å²) in [4.78, 5) is 25.2. The summed E-state index contributed by atoms with van der Waals surface area (Å²) in [6, 6.07) is 19.0. The second-order valence-corrected chi connectivity index (χ2v) is 7.55. The van der Waals surface area contributed by atoms with Crippen LogP contribution in [-0.2, 0) is 4.79 Å². The van der Waals surface area contributed by atoms with Crippen molar-refractivity contribution >= 4 is 46.4 Å². The van der Waals surface area contributed by atoms with Gasteiger partial charge in [-0.15, -0.1) is 0 Å². The number of aryl methyl sites for hydroxylation is 1. The van der Waals surface area contributed by atoms with Crippen LogP contribution in [0.4, 0.5) is 11.4 Å². The summed E-state index contributed by atoms with van der Waals surface area (Å²) < 4.78 is 5.81. The monoisotopic (exact) mass is 442 g/mol. The first kappa shape index (κ1) is 21.7. The minimum Gasteiger partial charge on any atom is -0.479 e. The number of carbonyl (C=O) groups excluding carboxylic acids is 2. The molecule has 0 bridgehead atoms. The molecule has 154 valence electrons. The van der Waals surface area contributed by atoms with Gasteiger partial charge in [0.15, 0.2) is 6.10 Å². The lowest BCUT2D eigenvalue weighted by atomic mass is 10.1. The lowest BCUT2D eigenvalue weighted by Gasteiger charge is -2.18. The Kier molecular flexibility index (Phi) is 6.98. The standard InChI is InChI=1S/C23H20Cl2N2O3/c1-14-7-3-4-8-19(14)23(29)27-20-9-5-6-10-21(20)30-15(2)22(28)26-18-12-16(24)11-17(25)13-18/h3-13,15H,1-2H3,(H,26,28)(H,27,29). The van der Waals surface area contributed by atoms with Crippen LogP contribution < -0.4 is 15.4 Å². The molecule has 1 unspecified atom stereocenters. The Labute approximate surface area is 185 Å². The van der Waals surface area contributed by atoms with Crippen LogP contribution in [-0.4, -0.2) is 17.9 Å². The van der Waals surface area contributed by atoms with Crippen LogP contribution in [0.25, 0.3) is 0 Å². The average Bonchev–Trinajstić information content (AvgIpc) is 2.68. The van der Waals surface area contributed by atoms with E-state index in [0.717, 1.165) is 5.56 Å². The van der Waals surface area contributed by atoms with Crippen molar-refractivity contribution in [3.63, 3.8) is 0 Å². The zero-order chi connectivity index (χ0) is 21.7. The molecule has 1 atom stereocenters. The highest BCUT2D eigenvalue weighted by Crippen LogP contribution is 2.27. The van der Waals surface area contributed by atoms with E-state index in [4.69, 9.17) is 27.9 Å². The SMILES string of the molecule is Cc1ccccc1C(=O)Nc1ccccc1OC(C)C(=O)Nc1cc(Cl)cc(Cl)c1. The van der Waals surface area contributed by atoms with Gasteiger partial charge in [0.2, 0.25) is 0 Å². The lowest BCUT2D eigenvalue weighted by Crippen LogP contribution is -2.30. The van der Waals surface area contributed by atoms with Gasteiger partial charge in [-0.05, 0) is 55.8 Å². The maximum Gasteiger partial charge on any atom is 0.265 e. The van der Waals surface area contributed by atoms with Crippen molar-refractivity contribution in [3.8, 4) is 5.75 Å². The number of amides is 2. The Balaban J connectivity index is 1.71. The zero-order valence-corrected chi connectivity index (χ0v) is 17.9. The number of halogens is 2. The predicted molar refractivity (Wildman–Crippen MR) is 121 cm³/mol. The molecule has 7 heteroatoms. The van der Waals surface area contributed by atoms with E-state index >= 15 is 0 Å². The topological polar surface area (TPSA) is 67.4 Å². The number of para-hydroxylation sites is 2. The quantitative estimate of drug-likeness (QED) is 0.494. The Morgan fingerprint density at radius 1 is 0.900 bits per heavy atom. The minimum absolute atomic E-state index is 0.255. The highest BCUT2D eigenvalue weighted by atomic mass is 35.5. The summed E-state index contributed by atoms with van der Waals surface area (Å²) in [5, 5.41) is 6.39. The van der Waals surface area contributed by atoms with Gasteiger partial charge in [0.25, 0.3) is 11.8 Å². The number of nitrogens with one attached hydrogen (secondary N) is 2. The van der Waals surface area contributed by atoms with E-state index in [-0.39, 0.29) is 11.8 Å².